The number of aryl methyl sites for hydroxylation is 1. The van der Waals surface area contributed by atoms with Gasteiger partial charge in [-0.25, -0.2) is 8.42 Å². The molecule has 1 aliphatic heterocycles. The van der Waals surface area contributed by atoms with Crippen molar-refractivity contribution in [2.45, 2.75) is 22.8 Å². The van der Waals surface area contributed by atoms with Gasteiger partial charge in [0, 0.05) is 6.07 Å². The zero-order valence-corrected chi connectivity index (χ0v) is 13.7. The van der Waals surface area contributed by atoms with E-state index in [1.165, 1.54) is 24.3 Å². The van der Waals surface area contributed by atoms with Crippen molar-refractivity contribution in [3.63, 3.8) is 0 Å². The van der Waals surface area contributed by atoms with Gasteiger partial charge < -0.3 is 9.47 Å². The SMILES string of the molecule is Cc1cccc(S(=O)(=O)c2cc(OCC3CO3)cc([N+](=O)[O-])c2)c1. The first-order valence-corrected chi connectivity index (χ1v) is 8.70. The molecule has 126 valence electrons. The van der Waals surface area contributed by atoms with Crippen molar-refractivity contribution in [1.29, 1.82) is 0 Å². The molecule has 1 fully saturated rings. The van der Waals surface area contributed by atoms with Gasteiger partial charge in [0.2, 0.25) is 9.84 Å². The normalized spacial score (nSPS) is 16.6. The van der Waals surface area contributed by atoms with Crippen LogP contribution in [0.5, 0.6) is 5.75 Å². The van der Waals surface area contributed by atoms with Gasteiger partial charge in [-0.1, -0.05) is 12.1 Å². The Kier molecular flexibility index (Phi) is 4.25. The van der Waals surface area contributed by atoms with Crippen LogP contribution in [0.3, 0.4) is 0 Å². The number of nitro benzene ring substituents is 1. The summed E-state index contributed by atoms with van der Waals surface area (Å²) in [5.74, 6) is 0.130. The number of nitrogens with zero attached hydrogens (tertiary/aromatic N) is 1. The van der Waals surface area contributed by atoms with Crippen LogP contribution in [0.4, 0.5) is 5.69 Å². The van der Waals surface area contributed by atoms with Gasteiger partial charge in [0.05, 0.1) is 27.4 Å². The molecule has 0 N–H and O–H groups in total. The monoisotopic (exact) mass is 349 g/mol. The van der Waals surface area contributed by atoms with Gasteiger partial charge in [-0.3, -0.25) is 10.1 Å². The fourth-order valence-electron chi connectivity index (χ4n) is 2.17. The molecular formula is C16H15NO6S. The van der Waals surface area contributed by atoms with Gasteiger partial charge in [0.25, 0.3) is 5.69 Å². The Morgan fingerprint density at radius 2 is 2.00 bits per heavy atom. The van der Waals surface area contributed by atoms with Crippen LogP contribution in [-0.2, 0) is 14.6 Å². The van der Waals surface area contributed by atoms with E-state index in [-0.39, 0.29) is 33.9 Å². The Morgan fingerprint density at radius 3 is 2.62 bits per heavy atom. The summed E-state index contributed by atoms with van der Waals surface area (Å²) in [6, 6.07) is 9.92. The minimum Gasteiger partial charge on any atom is -0.490 e. The van der Waals surface area contributed by atoms with Crippen molar-refractivity contribution < 1.29 is 22.8 Å². The lowest BCUT2D eigenvalue weighted by molar-refractivity contribution is -0.385. The summed E-state index contributed by atoms with van der Waals surface area (Å²) in [6.07, 6.45) is -0.0407. The predicted octanol–water partition coefficient (Wildman–Crippen LogP) is 2.51. The molecule has 24 heavy (non-hydrogen) atoms. The third-order valence-corrected chi connectivity index (χ3v) is 5.25. The number of ether oxygens (including phenoxy) is 2. The van der Waals surface area contributed by atoms with E-state index in [9.17, 15) is 18.5 Å². The number of sulfone groups is 1. The summed E-state index contributed by atoms with van der Waals surface area (Å²) in [5.41, 5.74) is 0.444. The Bertz CT molecular complexity index is 889. The molecule has 7 nitrogen and oxygen atoms in total. The maximum Gasteiger partial charge on any atom is 0.274 e. The van der Waals surface area contributed by atoms with Crippen molar-refractivity contribution in [3.8, 4) is 5.75 Å². The molecule has 1 aliphatic rings. The summed E-state index contributed by atoms with van der Waals surface area (Å²) in [5, 5.41) is 11.1. The lowest BCUT2D eigenvalue weighted by Gasteiger charge is -2.09. The quantitative estimate of drug-likeness (QED) is 0.451. The molecule has 0 aromatic heterocycles. The third-order valence-electron chi connectivity index (χ3n) is 3.52. The van der Waals surface area contributed by atoms with Crippen LogP contribution in [-0.4, -0.2) is 32.7 Å². The third kappa shape index (κ3) is 3.55. The second-order valence-electron chi connectivity index (χ2n) is 5.51. The lowest BCUT2D eigenvalue weighted by atomic mass is 10.2. The molecule has 0 saturated carbocycles. The van der Waals surface area contributed by atoms with Crippen molar-refractivity contribution in [3.05, 3.63) is 58.1 Å². The van der Waals surface area contributed by atoms with E-state index < -0.39 is 14.8 Å². The van der Waals surface area contributed by atoms with Crippen LogP contribution in [0, 0.1) is 17.0 Å². The molecule has 0 amide bonds. The molecule has 1 atom stereocenters. The summed E-state index contributed by atoms with van der Waals surface area (Å²) >= 11 is 0. The van der Waals surface area contributed by atoms with Crippen LogP contribution in [0.1, 0.15) is 5.56 Å². The molecule has 0 radical (unpaired) electrons. The molecule has 0 aliphatic carbocycles. The van der Waals surface area contributed by atoms with Gasteiger partial charge in [-0.15, -0.1) is 0 Å². The highest BCUT2D eigenvalue weighted by atomic mass is 32.2. The number of rotatable bonds is 6. The molecule has 2 aromatic carbocycles. The van der Waals surface area contributed by atoms with E-state index in [0.29, 0.717) is 6.61 Å². The number of benzene rings is 2. The van der Waals surface area contributed by atoms with E-state index >= 15 is 0 Å². The highest BCUT2D eigenvalue weighted by molar-refractivity contribution is 7.91. The van der Waals surface area contributed by atoms with Crippen molar-refractivity contribution >= 4 is 15.5 Å². The molecule has 0 spiro atoms. The fraction of sp³-hybridized carbons (Fsp3) is 0.250. The summed E-state index contributed by atoms with van der Waals surface area (Å²) < 4.78 is 36.0. The predicted molar refractivity (Wildman–Crippen MR) is 85.0 cm³/mol. The van der Waals surface area contributed by atoms with Crippen molar-refractivity contribution in [2.75, 3.05) is 13.2 Å². The smallest absolute Gasteiger partial charge is 0.274 e. The van der Waals surface area contributed by atoms with E-state index in [1.54, 1.807) is 19.1 Å². The molecule has 3 rings (SSSR count). The maximum atomic E-state index is 12.8. The average Bonchev–Trinajstić information content (AvgIpc) is 3.37. The van der Waals surface area contributed by atoms with E-state index in [2.05, 4.69) is 0 Å². The second-order valence-corrected chi connectivity index (χ2v) is 7.46. The first kappa shape index (κ1) is 16.4. The van der Waals surface area contributed by atoms with E-state index in [1.807, 2.05) is 0 Å². The van der Waals surface area contributed by atoms with Crippen LogP contribution >= 0.6 is 0 Å². The molecule has 2 aromatic rings. The Hall–Kier alpha value is -2.45. The number of non-ortho nitro benzene ring substituents is 1. The van der Waals surface area contributed by atoms with Crippen LogP contribution in [0.15, 0.2) is 52.3 Å². The minimum absolute atomic E-state index is 0.0407. The Labute approximate surface area is 138 Å². The van der Waals surface area contributed by atoms with Gasteiger partial charge >= 0.3 is 0 Å². The largest absolute Gasteiger partial charge is 0.490 e. The summed E-state index contributed by atoms with van der Waals surface area (Å²) in [7, 11) is -3.88. The highest BCUT2D eigenvalue weighted by Crippen LogP contribution is 2.30. The molecule has 0 bridgehead atoms. The standard InChI is InChI=1S/C16H15NO6S/c1-11-3-2-4-15(5-11)24(20,21)16-7-12(17(18)19)6-13(8-16)22-9-14-10-23-14/h2-8,14H,9-10H2,1H3. The van der Waals surface area contributed by atoms with Gasteiger partial charge in [-0.05, 0) is 30.7 Å². The lowest BCUT2D eigenvalue weighted by Crippen LogP contribution is -2.07. The second kappa shape index (κ2) is 6.21. The molecule has 8 heteroatoms. The van der Waals surface area contributed by atoms with Crippen LogP contribution < -0.4 is 4.74 Å². The molecule has 1 heterocycles. The van der Waals surface area contributed by atoms with E-state index in [4.69, 9.17) is 9.47 Å². The summed E-state index contributed by atoms with van der Waals surface area (Å²) in [6.45, 7) is 2.57. The fourth-order valence-corrected chi connectivity index (χ4v) is 3.59. The van der Waals surface area contributed by atoms with Crippen LogP contribution in [0.2, 0.25) is 0 Å². The Morgan fingerprint density at radius 1 is 1.25 bits per heavy atom. The van der Waals surface area contributed by atoms with Crippen molar-refractivity contribution in [2.24, 2.45) is 0 Å². The topological polar surface area (TPSA) is 99.0 Å². The number of hydrogen-bond acceptors (Lipinski definition) is 6. The highest BCUT2D eigenvalue weighted by Gasteiger charge is 2.25. The van der Waals surface area contributed by atoms with Gasteiger partial charge in [0.15, 0.2) is 0 Å². The van der Waals surface area contributed by atoms with Gasteiger partial charge in [-0.2, -0.15) is 0 Å². The first-order chi connectivity index (χ1) is 11.4. The molecule has 1 unspecified atom stereocenters. The molecule has 1 saturated heterocycles. The number of epoxide rings is 1. The maximum absolute atomic E-state index is 12.8. The van der Waals surface area contributed by atoms with Crippen molar-refractivity contribution in [1.82, 2.24) is 0 Å². The zero-order valence-electron chi connectivity index (χ0n) is 12.8. The summed E-state index contributed by atoms with van der Waals surface area (Å²) in [4.78, 5) is 10.4. The van der Waals surface area contributed by atoms with Gasteiger partial charge in [0.1, 0.15) is 18.5 Å². The zero-order chi connectivity index (χ0) is 17.3. The average molecular weight is 349 g/mol. The minimum atomic E-state index is -3.88. The van der Waals surface area contributed by atoms with Crippen LogP contribution in [0.25, 0.3) is 0 Å². The first-order valence-electron chi connectivity index (χ1n) is 7.22. The number of hydrogen-bond donors (Lipinski definition) is 0. The van der Waals surface area contributed by atoms with E-state index in [0.717, 1.165) is 11.6 Å². The Balaban J connectivity index is 2.02. The molecular weight excluding hydrogens is 334 g/mol. The number of nitro groups is 1.